The molecule has 3 saturated carbocycles. The molecule has 0 saturated heterocycles. The summed E-state index contributed by atoms with van der Waals surface area (Å²) in [4.78, 5) is 31.1. The van der Waals surface area contributed by atoms with Crippen LogP contribution < -0.4 is 16.0 Å². The highest BCUT2D eigenvalue weighted by Crippen LogP contribution is 2.54. The van der Waals surface area contributed by atoms with Gasteiger partial charge in [-0.3, -0.25) is 14.6 Å². The van der Waals surface area contributed by atoms with Crippen LogP contribution in [0.5, 0.6) is 0 Å². The minimum absolute atomic E-state index is 0.0404. The standard InChI is InChI=1S/C32H38FN7O3/c1-5-20(2)38-29(42)31-8-11-32(12-9-31,13-10-31)39-24-15-25(26-7-6-22-14-21(16-34)17-37-40(22)26)35-18-23(24)28(41)36-19-27(33)30(3,4)43/h6-7,14-15,17-18,27,43H,2,5,8-13,19H2,1,3-4H3,(H,35,39)(H,36,41)(H,38,42)/t27-,31?,32?/m1/s1. The number of amides is 2. The number of allylic oxidation sites excluding steroid dienone is 1. The summed E-state index contributed by atoms with van der Waals surface area (Å²) in [7, 11) is 0. The minimum atomic E-state index is -1.66. The molecule has 3 aromatic rings. The third kappa shape index (κ3) is 5.97. The van der Waals surface area contributed by atoms with Crippen LogP contribution in [0.25, 0.3) is 16.9 Å². The van der Waals surface area contributed by atoms with E-state index in [9.17, 15) is 24.3 Å². The zero-order valence-corrected chi connectivity index (χ0v) is 24.8. The van der Waals surface area contributed by atoms with Gasteiger partial charge >= 0.3 is 0 Å². The Balaban J connectivity index is 1.44. The minimum Gasteiger partial charge on any atom is -0.387 e. The number of halogens is 1. The fourth-order valence-corrected chi connectivity index (χ4v) is 6.04. The Morgan fingerprint density at radius 1 is 1.19 bits per heavy atom. The second-order valence-electron chi connectivity index (χ2n) is 12.5. The molecule has 3 aromatic heterocycles. The van der Waals surface area contributed by atoms with Crippen LogP contribution in [0.3, 0.4) is 0 Å². The summed E-state index contributed by atoms with van der Waals surface area (Å²) < 4.78 is 16.2. The van der Waals surface area contributed by atoms with Gasteiger partial charge in [0.25, 0.3) is 5.91 Å². The number of fused-ring (bicyclic) bond motifs is 4. The molecule has 43 heavy (non-hydrogen) atoms. The van der Waals surface area contributed by atoms with Crippen molar-refractivity contribution in [3.63, 3.8) is 0 Å². The second-order valence-corrected chi connectivity index (χ2v) is 12.5. The fourth-order valence-electron chi connectivity index (χ4n) is 6.04. The highest BCUT2D eigenvalue weighted by molar-refractivity contribution is 6.00. The number of rotatable bonds is 10. The number of nitrogens with one attached hydrogen (secondary N) is 3. The number of aromatic nitrogens is 3. The first-order valence-corrected chi connectivity index (χ1v) is 14.7. The topological polar surface area (TPSA) is 144 Å². The van der Waals surface area contributed by atoms with Gasteiger partial charge in [-0.15, -0.1) is 0 Å². The van der Waals surface area contributed by atoms with E-state index in [4.69, 9.17) is 0 Å². The molecule has 3 aliphatic rings. The van der Waals surface area contributed by atoms with E-state index in [0.717, 1.165) is 30.5 Å². The Kier molecular flexibility index (Phi) is 8.01. The number of hydrogen-bond acceptors (Lipinski definition) is 7. The van der Waals surface area contributed by atoms with Gasteiger partial charge in [0.1, 0.15) is 12.2 Å². The van der Waals surface area contributed by atoms with Crippen molar-refractivity contribution in [2.24, 2.45) is 5.41 Å². The predicted molar refractivity (Wildman–Crippen MR) is 161 cm³/mol. The summed E-state index contributed by atoms with van der Waals surface area (Å²) in [6.07, 6.45) is 6.35. The largest absolute Gasteiger partial charge is 0.387 e. The van der Waals surface area contributed by atoms with Crippen molar-refractivity contribution in [3.05, 3.63) is 60.1 Å². The van der Waals surface area contributed by atoms with E-state index in [1.165, 1.54) is 26.2 Å². The Labute approximate surface area is 250 Å². The Morgan fingerprint density at radius 2 is 1.88 bits per heavy atom. The van der Waals surface area contributed by atoms with Gasteiger partial charge in [0.2, 0.25) is 5.91 Å². The van der Waals surface area contributed by atoms with Crippen LogP contribution >= 0.6 is 0 Å². The van der Waals surface area contributed by atoms with Gasteiger partial charge in [0.15, 0.2) is 0 Å². The van der Waals surface area contributed by atoms with Gasteiger partial charge in [0.05, 0.1) is 52.1 Å². The molecule has 0 radical (unpaired) electrons. The van der Waals surface area contributed by atoms with E-state index in [1.807, 2.05) is 19.1 Å². The lowest BCUT2D eigenvalue weighted by Crippen LogP contribution is -2.55. The predicted octanol–water partition coefficient (Wildman–Crippen LogP) is 4.65. The van der Waals surface area contributed by atoms with Crippen LogP contribution in [0.15, 0.2) is 48.9 Å². The fraction of sp³-hybridized carbons (Fsp3) is 0.469. The third-order valence-electron chi connectivity index (χ3n) is 9.09. The van der Waals surface area contributed by atoms with Crippen molar-refractivity contribution in [3.8, 4) is 17.5 Å². The van der Waals surface area contributed by atoms with Crippen LogP contribution in [-0.2, 0) is 4.79 Å². The molecule has 1 atom stereocenters. The van der Waals surface area contributed by atoms with Crippen LogP contribution in [-0.4, -0.2) is 55.4 Å². The maximum atomic E-state index is 14.5. The van der Waals surface area contributed by atoms with Crippen molar-refractivity contribution in [1.29, 1.82) is 5.26 Å². The van der Waals surface area contributed by atoms with Crippen LogP contribution in [0.4, 0.5) is 10.1 Å². The van der Waals surface area contributed by atoms with Crippen molar-refractivity contribution >= 4 is 23.0 Å². The summed E-state index contributed by atoms with van der Waals surface area (Å²) in [5.41, 5.74) is 1.57. The molecule has 0 spiro atoms. The summed E-state index contributed by atoms with van der Waals surface area (Å²) in [6, 6.07) is 9.31. The molecule has 3 heterocycles. The Bertz CT molecular complexity index is 1590. The van der Waals surface area contributed by atoms with Gasteiger partial charge in [-0.25, -0.2) is 8.91 Å². The molecule has 226 valence electrons. The maximum absolute atomic E-state index is 14.5. The summed E-state index contributed by atoms with van der Waals surface area (Å²) in [5, 5.41) is 32.9. The van der Waals surface area contributed by atoms with E-state index in [0.29, 0.717) is 48.3 Å². The number of pyridine rings is 1. The summed E-state index contributed by atoms with van der Waals surface area (Å²) in [5.74, 6) is -0.473. The van der Waals surface area contributed by atoms with Crippen molar-refractivity contribution in [2.75, 3.05) is 11.9 Å². The lowest BCUT2D eigenvalue weighted by molar-refractivity contribution is -0.136. The van der Waals surface area contributed by atoms with Crippen LogP contribution in [0.2, 0.25) is 0 Å². The molecular weight excluding hydrogens is 549 g/mol. The van der Waals surface area contributed by atoms with Gasteiger partial charge in [-0.1, -0.05) is 13.5 Å². The first-order valence-electron chi connectivity index (χ1n) is 14.7. The number of carbonyl (C=O) groups excluding carboxylic acids is 2. The molecule has 3 aliphatic carbocycles. The molecule has 0 unspecified atom stereocenters. The molecule has 3 fully saturated rings. The molecule has 2 amide bonds. The highest BCUT2D eigenvalue weighted by atomic mass is 19.1. The normalized spacial score (nSPS) is 22.0. The molecule has 2 bridgehead atoms. The maximum Gasteiger partial charge on any atom is 0.255 e. The molecule has 6 rings (SSSR count). The SMILES string of the molecule is C=C(CC)NC(=O)C12CCC(Nc3cc(-c4ccc5cc(C#N)cnn45)ncc3C(=O)NC[C@@H](F)C(C)(C)O)(CC1)CC2. The van der Waals surface area contributed by atoms with E-state index in [-0.39, 0.29) is 23.6 Å². The molecule has 0 aromatic carbocycles. The van der Waals surface area contributed by atoms with Crippen molar-refractivity contribution in [1.82, 2.24) is 25.2 Å². The van der Waals surface area contributed by atoms with Crippen molar-refractivity contribution in [2.45, 2.75) is 83.0 Å². The monoisotopic (exact) mass is 587 g/mol. The van der Waals surface area contributed by atoms with Gasteiger partial charge < -0.3 is 21.1 Å². The zero-order valence-electron chi connectivity index (χ0n) is 24.8. The zero-order chi connectivity index (χ0) is 31.0. The molecule has 0 aliphatic heterocycles. The number of carbonyl (C=O) groups is 2. The average molecular weight is 588 g/mol. The number of nitrogens with zero attached hydrogens (tertiary/aromatic N) is 4. The van der Waals surface area contributed by atoms with Gasteiger partial charge in [-0.2, -0.15) is 10.4 Å². The summed E-state index contributed by atoms with van der Waals surface area (Å²) >= 11 is 0. The first kappa shape index (κ1) is 30.2. The average Bonchev–Trinajstić information content (AvgIpc) is 3.43. The molecule has 4 N–H and O–H groups in total. The van der Waals surface area contributed by atoms with E-state index >= 15 is 0 Å². The Morgan fingerprint density at radius 3 is 2.51 bits per heavy atom. The summed E-state index contributed by atoms with van der Waals surface area (Å²) in [6.45, 7) is 8.24. The quantitative estimate of drug-likeness (QED) is 0.270. The van der Waals surface area contributed by atoms with E-state index in [1.54, 1.807) is 16.6 Å². The van der Waals surface area contributed by atoms with E-state index < -0.39 is 23.1 Å². The van der Waals surface area contributed by atoms with Gasteiger partial charge in [-0.05, 0) is 83.1 Å². The number of nitriles is 1. The van der Waals surface area contributed by atoms with Crippen LogP contribution in [0.1, 0.15) is 81.6 Å². The van der Waals surface area contributed by atoms with Crippen LogP contribution in [0, 0.1) is 16.7 Å². The molecule has 10 nitrogen and oxygen atoms in total. The number of hydrogen-bond donors (Lipinski definition) is 4. The van der Waals surface area contributed by atoms with Gasteiger partial charge in [0, 0.05) is 22.8 Å². The lowest BCUT2D eigenvalue weighted by atomic mass is 9.56. The number of alkyl halides is 1. The van der Waals surface area contributed by atoms with Crippen molar-refractivity contribution < 1.29 is 19.1 Å². The third-order valence-corrected chi connectivity index (χ3v) is 9.09. The second kappa shape index (κ2) is 11.4. The number of anilines is 1. The number of aliphatic hydroxyl groups is 1. The smallest absolute Gasteiger partial charge is 0.255 e. The lowest BCUT2D eigenvalue weighted by Gasteiger charge is -2.53. The first-order chi connectivity index (χ1) is 20.4. The Hall–Kier alpha value is -4.30. The molecular formula is C32H38FN7O3. The highest BCUT2D eigenvalue weighted by Gasteiger charge is 2.52. The molecule has 11 heteroatoms. The van der Waals surface area contributed by atoms with E-state index in [2.05, 4.69) is 38.7 Å².